The summed E-state index contributed by atoms with van der Waals surface area (Å²) in [7, 11) is 0. The summed E-state index contributed by atoms with van der Waals surface area (Å²) in [5.74, 6) is 1.96. The number of aliphatic hydroxyl groups excluding tert-OH is 1. The second-order valence-corrected chi connectivity index (χ2v) is 6.77. The zero-order valence-corrected chi connectivity index (χ0v) is 15.0. The van der Waals surface area contributed by atoms with Crippen LogP contribution in [-0.2, 0) is 13.2 Å². The maximum absolute atomic E-state index is 12.6. The number of carbonyl (C=O) groups is 1. The van der Waals surface area contributed by atoms with Crippen molar-refractivity contribution in [3.63, 3.8) is 0 Å². The standard InChI is InChI=1S/C20H22N4O3/c25-14-17-3-4-18(27-17)20(26)23-9-5-16(6-10-23)19-22-8-11-24(19)13-15-2-1-7-21-12-15/h1-4,7-8,11-12,16,25H,5-6,9-10,13-14H2. The summed E-state index contributed by atoms with van der Waals surface area (Å²) in [6.45, 7) is 1.88. The minimum Gasteiger partial charge on any atom is -0.453 e. The third-order valence-electron chi connectivity index (χ3n) is 5.00. The fourth-order valence-electron chi connectivity index (χ4n) is 3.58. The maximum atomic E-state index is 12.6. The van der Waals surface area contributed by atoms with Crippen LogP contribution < -0.4 is 0 Å². The van der Waals surface area contributed by atoms with Gasteiger partial charge in [0.15, 0.2) is 5.76 Å². The van der Waals surface area contributed by atoms with Gasteiger partial charge in [0.05, 0.1) is 6.54 Å². The van der Waals surface area contributed by atoms with Gasteiger partial charge in [0, 0.05) is 43.8 Å². The van der Waals surface area contributed by atoms with Crippen LogP contribution in [0.3, 0.4) is 0 Å². The van der Waals surface area contributed by atoms with E-state index in [9.17, 15) is 4.79 Å². The SMILES string of the molecule is O=C(c1ccc(CO)o1)N1CCC(c2nccn2Cc2cccnc2)CC1. The summed E-state index contributed by atoms with van der Waals surface area (Å²) in [6.07, 6.45) is 9.21. The molecule has 1 N–H and O–H groups in total. The Hall–Kier alpha value is -2.93. The Labute approximate surface area is 157 Å². The van der Waals surface area contributed by atoms with Crippen LogP contribution >= 0.6 is 0 Å². The molecule has 3 aromatic heterocycles. The predicted octanol–water partition coefficient (Wildman–Crippen LogP) is 2.43. The molecule has 140 valence electrons. The Balaban J connectivity index is 1.40. The summed E-state index contributed by atoms with van der Waals surface area (Å²) in [5, 5.41) is 9.08. The number of imidazole rings is 1. The van der Waals surface area contributed by atoms with Crippen LogP contribution in [0.25, 0.3) is 0 Å². The average Bonchev–Trinajstić information content (AvgIpc) is 3.38. The number of aromatic nitrogens is 3. The van der Waals surface area contributed by atoms with E-state index in [0.29, 0.717) is 24.8 Å². The van der Waals surface area contributed by atoms with Gasteiger partial charge in [0.25, 0.3) is 5.91 Å². The molecule has 27 heavy (non-hydrogen) atoms. The van der Waals surface area contributed by atoms with Crippen LogP contribution in [0.1, 0.15) is 46.5 Å². The molecule has 0 atom stereocenters. The lowest BCUT2D eigenvalue weighted by molar-refractivity contribution is 0.0673. The molecule has 0 unspecified atom stereocenters. The van der Waals surface area contributed by atoms with E-state index in [0.717, 1.165) is 30.8 Å². The highest BCUT2D eigenvalue weighted by Gasteiger charge is 2.28. The first kappa shape index (κ1) is 17.5. The molecule has 1 saturated heterocycles. The number of piperidine rings is 1. The molecule has 1 aliphatic rings. The van der Waals surface area contributed by atoms with Crippen molar-refractivity contribution < 1.29 is 14.3 Å². The molecule has 0 saturated carbocycles. The van der Waals surface area contributed by atoms with Crippen LogP contribution in [-0.4, -0.2) is 43.5 Å². The van der Waals surface area contributed by atoms with Crippen molar-refractivity contribution in [1.29, 1.82) is 0 Å². The summed E-state index contributed by atoms with van der Waals surface area (Å²) >= 11 is 0. The van der Waals surface area contributed by atoms with E-state index in [4.69, 9.17) is 9.52 Å². The highest BCUT2D eigenvalue weighted by atomic mass is 16.4. The van der Waals surface area contributed by atoms with Gasteiger partial charge in [0.2, 0.25) is 0 Å². The fraction of sp³-hybridized carbons (Fsp3) is 0.350. The minimum atomic E-state index is -0.199. The van der Waals surface area contributed by atoms with Gasteiger partial charge in [-0.3, -0.25) is 9.78 Å². The predicted molar refractivity (Wildman–Crippen MR) is 98.1 cm³/mol. The van der Waals surface area contributed by atoms with Crippen molar-refractivity contribution in [2.45, 2.75) is 31.9 Å². The van der Waals surface area contributed by atoms with E-state index < -0.39 is 0 Å². The van der Waals surface area contributed by atoms with Crippen LogP contribution in [0.5, 0.6) is 0 Å². The topological polar surface area (TPSA) is 84.4 Å². The Bertz CT molecular complexity index is 895. The van der Waals surface area contributed by atoms with E-state index in [-0.39, 0.29) is 18.3 Å². The van der Waals surface area contributed by atoms with Crippen molar-refractivity contribution in [2.24, 2.45) is 0 Å². The molecule has 1 amide bonds. The Kier molecular flexibility index (Phi) is 5.02. The lowest BCUT2D eigenvalue weighted by Gasteiger charge is -2.31. The quantitative estimate of drug-likeness (QED) is 0.750. The lowest BCUT2D eigenvalue weighted by atomic mass is 9.95. The van der Waals surface area contributed by atoms with E-state index in [2.05, 4.69) is 20.6 Å². The second kappa shape index (κ2) is 7.75. The molecule has 7 nitrogen and oxygen atoms in total. The van der Waals surface area contributed by atoms with Gasteiger partial charge in [-0.2, -0.15) is 0 Å². The first-order valence-electron chi connectivity index (χ1n) is 9.13. The van der Waals surface area contributed by atoms with E-state index >= 15 is 0 Å². The van der Waals surface area contributed by atoms with Crippen LogP contribution in [0.15, 0.2) is 53.5 Å². The van der Waals surface area contributed by atoms with Crippen molar-refractivity contribution in [2.75, 3.05) is 13.1 Å². The number of hydrogen-bond donors (Lipinski definition) is 1. The third-order valence-corrected chi connectivity index (χ3v) is 5.00. The van der Waals surface area contributed by atoms with Crippen molar-refractivity contribution in [3.8, 4) is 0 Å². The lowest BCUT2D eigenvalue weighted by Crippen LogP contribution is -2.38. The van der Waals surface area contributed by atoms with E-state index in [1.807, 2.05) is 29.6 Å². The number of rotatable bonds is 5. The number of furan rings is 1. The molecule has 3 aromatic rings. The van der Waals surface area contributed by atoms with Gasteiger partial charge in [-0.05, 0) is 36.6 Å². The molecule has 0 radical (unpaired) electrons. The first-order chi connectivity index (χ1) is 13.2. The Morgan fingerprint density at radius 2 is 2.07 bits per heavy atom. The number of aliphatic hydroxyl groups is 1. The second-order valence-electron chi connectivity index (χ2n) is 6.77. The molecule has 0 aromatic carbocycles. The fourth-order valence-corrected chi connectivity index (χ4v) is 3.58. The summed E-state index contributed by atoms with van der Waals surface area (Å²) in [4.78, 5) is 23.1. The molecule has 0 spiro atoms. The molecule has 7 heteroatoms. The van der Waals surface area contributed by atoms with E-state index in [1.54, 1.807) is 18.3 Å². The van der Waals surface area contributed by atoms with Crippen molar-refractivity contribution in [1.82, 2.24) is 19.4 Å². The summed E-state index contributed by atoms with van der Waals surface area (Å²) in [6, 6.07) is 7.25. The highest BCUT2D eigenvalue weighted by molar-refractivity contribution is 5.91. The Morgan fingerprint density at radius 3 is 2.78 bits per heavy atom. The van der Waals surface area contributed by atoms with Gasteiger partial charge in [0.1, 0.15) is 18.2 Å². The number of carbonyl (C=O) groups excluding carboxylic acids is 1. The molecule has 1 aliphatic heterocycles. The van der Waals surface area contributed by atoms with Gasteiger partial charge >= 0.3 is 0 Å². The zero-order chi connectivity index (χ0) is 18.6. The largest absolute Gasteiger partial charge is 0.453 e. The number of hydrogen-bond acceptors (Lipinski definition) is 5. The minimum absolute atomic E-state index is 0.119. The molecular weight excluding hydrogens is 344 g/mol. The third kappa shape index (κ3) is 3.78. The monoisotopic (exact) mass is 366 g/mol. The zero-order valence-electron chi connectivity index (χ0n) is 15.0. The van der Waals surface area contributed by atoms with E-state index in [1.165, 1.54) is 0 Å². The van der Waals surface area contributed by atoms with Gasteiger partial charge < -0.3 is 19.0 Å². The first-order valence-corrected chi connectivity index (χ1v) is 9.13. The normalized spacial score (nSPS) is 15.2. The van der Waals surface area contributed by atoms with Crippen LogP contribution in [0.4, 0.5) is 0 Å². The Morgan fingerprint density at radius 1 is 1.22 bits per heavy atom. The van der Waals surface area contributed by atoms with Crippen molar-refractivity contribution >= 4 is 5.91 Å². The molecule has 0 aliphatic carbocycles. The van der Waals surface area contributed by atoms with Crippen molar-refractivity contribution in [3.05, 3.63) is 72.0 Å². The molecule has 0 bridgehead atoms. The number of pyridine rings is 1. The maximum Gasteiger partial charge on any atom is 0.289 e. The number of likely N-dealkylation sites (tertiary alicyclic amines) is 1. The highest BCUT2D eigenvalue weighted by Crippen LogP contribution is 2.28. The molecule has 4 heterocycles. The smallest absolute Gasteiger partial charge is 0.289 e. The van der Waals surface area contributed by atoms with Crippen LogP contribution in [0.2, 0.25) is 0 Å². The molecular formula is C20H22N4O3. The van der Waals surface area contributed by atoms with Crippen LogP contribution in [0, 0.1) is 0 Å². The number of nitrogens with zero attached hydrogens (tertiary/aromatic N) is 4. The molecule has 4 rings (SSSR count). The summed E-state index contributed by atoms with van der Waals surface area (Å²) < 4.78 is 7.53. The number of amides is 1. The summed E-state index contributed by atoms with van der Waals surface area (Å²) in [5.41, 5.74) is 1.14. The molecule has 1 fully saturated rings. The van der Waals surface area contributed by atoms with Gasteiger partial charge in [-0.15, -0.1) is 0 Å². The van der Waals surface area contributed by atoms with Gasteiger partial charge in [-0.1, -0.05) is 6.07 Å². The van der Waals surface area contributed by atoms with Gasteiger partial charge in [-0.25, -0.2) is 4.98 Å². The average molecular weight is 366 g/mol.